The molecule has 16 heteroatoms. The molecule has 3 heterocycles. The Morgan fingerprint density at radius 3 is 2.30 bits per heavy atom. The number of hydrogen-bond acceptors (Lipinski definition) is 9. The lowest BCUT2D eigenvalue weighted by Gasteiger charge is -2.24. The summed E-state index contributed by atoms with van der Waals surface area (Å²) in [6.07, 6.45) is -0.665. The Bertz CT molecular complexity index is 1490. The molecule has 2 aromatic heterocycles. The summed E-state index contributed by atoms with van der Waals surface area (Å²) in [6.45, 7) is -2.26. The van der Waals surface area contributed by atoms with Crippen LogP contribution in [0.5, 0.6) is 0 Å². The molecule has 0 aliphatic carbocycles. The quantitative estimate of drug-likeness (QED) is 0.304. The molecule has 232 valence electrons. The van der Waals surface area contributed by atoms with Crippen LogP contribution in [0.25, 0.3) is 0 Å². The van der Waals surface area contributed by atoms with Crippen LogP contribution in [-0.2, 0) is 20.8 Å². The van der Waals surface area contributed by atoms with Crippen molar-refractivity contribution in [1.29, 1.82) is 0 Å². The normalized spacial score (nSPS) is 18.2. The number of rotatable bonds is 11. The molecule has 3 atom stereocenters. The van der Waals surface area contributed by atoms with E-state index in [0.717, 1.165) is 18.3 Å². The van der Waals surface area contributed by atoms with Gasteiger partial charge in [0.15, 0.2) is 9.84 Å². The van der Waals surface area contributed by atoms with Crippen LogP contribution in [-0.4, -0.2) is 72.5 Å². The minimum atomic E-state index is -4.49. The van der Waals surface area contributed by atoms with E-state index in [-0.39, 0.29) is 53.3 Å². The first-order valence-electron chi connectivity index (χ1n) is 13.1. The highest BCUT2D eigenvalue weighted by atomic mass is 32.2. The number of alkyl halides is 5. The second kappa shape index (κ2) is 13.3. The molecule has 0 spiro atoms. The van der Waals surface area contributed by atoms with Gasteiger partial charge in [-0.25, -0.2) is 18.4 Å². The summed E-state index contributed by atoms with van der Waals surface area (Å²) in [5, 5.41) is 12.4. The number of amides is 1. The number of carbonyl (C=O) groups is 1. The van der Waals surface area contributed by atoms with Crippen molar-refractivity contribution in [3.8, 4) is 0 Å². The van der Waals surface area contributed by atoms with Crippen molar-refractivity contribution in [2.24, 2.45) is 0 Å². The van der Waals surface area contributed by atoms with Crippen LogP contribution in [0.3, 0.4) is 0 Å². The van der Waals surface area contributed by atoms with E-state index < -0.39 is 52.8 Å². The summed E-state index contributed by atoms with van der Waals surface area (Å²) in [5.41, 5.74) is 0.00187. The van der Waals surface area contributed by atoms with E-state index in [2.05, 4.69) is 25.0 Å². The first-order chi connectivity index (χ1) is 20.3. The maximum atomic E-state index is 13.0. The zero-order valence-corrected chi connectivity index (χ0v) is 23.5. The van der Waals surface area contributed by atoms with Crippen molar-refractivity contribution >= 4 is 21.7 Å². The van der Waals surface area contributed by atoms with E-state index in [0.29, 0.717) is 5.56 Å². The maximum Gasteiger partial charge on any atom is 0.416 e. The van der Waals surface area contributed by atoms with E-state index in [4.69, 9.17) is 0 Å². The van der Waals surface area contributed by atoms with Crippen LogP contribution in [0.15, 0.2) is 59.9 Å². The molecule has 3 aromatic rings. The van der Waals surface area contributed by atoms with Gasteiger partial charge in [0, 0.05) is 31.1 Å². The number of carbonyl (C=O) groups excluding carboxylic acids is 1. The average molecular weight is 630 g/mol. The summed E-state index contributed by atoms with van der Waals surface area (Å²) < 4.78 is 93.1. The zero-order chi connectivity index (χ0) is 31.4. The largest absolute Gasteiger partial charge is 0.416 e. The van der Waals surface area contributed by atoms with Crippen molar-refractivity contribution in [1.82, 2.24) is 20.3 Å². The van der Waals surface area contributed by atoms with E-state index >= 15 is 0 Å². The number of ether oxygens (including phenoxy) is 1. The molecule has 1 fully saturated rings. The Labute approximate surface area is 243 Å². The molecule has 1 saturated heterocycles. The minimum Gasteiger partial charge on any atom is -0.394 e. The van der Waals surface area contributed by atoms with Gasteiger partial charge in [0.1, 0.15) is 0 Å². The van der Waals surface area contributed by atoms with Crippen LogP contribution in [0.2, 0.25) is 0 Å². The third-order valence-electron chi connectivity index (χ3n) is 7.04. The highest BCUT2D eigenvalue weighted by Gasteiger charge is 2.36. The average Bonchev–Trinajstić information content (AvgIpc) is 3.43. The zero-order valence-electron chi connectivity index (χ0n) is 22.7. The third-order valence-corrected chi connectivity index (χ3v) is 8.76. The van der Waals surface area contributed by atoms with Gasteiger partial charge in [-0.2, -0.15) is 22.0 Å². The van der Waals surface area contributed by atoms with E-state index in [1.54, 1.807) is 4.90 Å². The Hall–Kier alpha value is -3.76. The van der Waals surface area contributed by atoms with Gasteiger partial charge < -0.3 is 20.1 Å². The summed E-state index contributed by atoms with van der Waals surface area (Å²) in [6, 6.07) is 5.74. The van der Waals surface area contributed by atoms with Crippen LogP contribution >= 0.6 is 0 Å². The van der Waals surface area contributed by atoms with Crippen LogP contribution in [0.4, 0.5) is 27.9 Å². The maximum absolute atomic E-state index is 13.0. The number of anilines is 1. The highest BCUT2D eigenvalue weighted by molar-refractivity contribution is 7.91. The molecule has 10 nitrogen and oxygen atoms in total. The van der Waals surface area contributed by atoms with Gasteiger partial charge in [-0.15, -0.1) is 0 Å². The lowest BCUT2D eigenvalue weighted by atomic mass is 9.95. The number of nitrogens with zero attached hydrogens (tertiary/aromatic N) is 4. The van der Waals surface area contributed by atoms with Gasteiger partial charge in [0.2, 0.25) is 5.95 Å². The lowest BCUT2D eigenvalue weighted by molar-refractivity contribution is -0.137. The van der Waals surface area contributed by atoms with E-state index in [1.165, 1.54) is 43.6 Å². The molecule has 4 rings (SSSR count). The molecule has 0 saturated carbocycles. The van der Waals surface area contributed by atoms with Crippen LogP contribution in [0.1, 0.15) is 52.5 Å². The van der Waals surface area contributed by atoms with E-state index in [9.17, 15) is 40.3 Å². The van der Waals surface area contributed by atoms with Crippen LogP contribution in [0, 0.1) is 0 Å². The first-order valence-corrected chi connectivity index (χ1v) is 14.7. The van der Waals surface area contributed by atoms with Crippen LogP contribution < -0.4 is 10.2 Å². The fourth-order valence-corrected chi connectivity index (χ4v) is 5.50. The van der Waals surface area contributed by atoms with Gasteiger partial charge in [-0.1, -0.05) is 19.1 Å². The van der Waals surface area contributed by atoms with Crippen molar-refractivity contribution in [3.63, 3.8) is 0 Å². The molecule has 0 bridgehead atoms. The molecule has 43 heavy (non-hydrogen) atoms. The fourth-order valence-electron chi connectivity index (χ4n) is 4.68. The molecule has 1 unspecified atom stereocenters. The second-order valence-corrected chi connectivity index (χ2v) is 12.0. The van der Waals surface area contributed by atoms with Gasteiger partial charge in [0.05, 0.1) is 52.8 Å². The number of nitrogens with one attached hydrogen (secondary N) is 1. The molecular weight excluding hydrogens is 601 g/mol. The Balaban J connectivity index is 1.47. The van der Waals surface area contributed by atoms with Gasteiger partial charge >= 0.3 is 12.8 Å². The second-order valence-electron chi connectivity index (χ2n) is 9.76. The summed E-state index contributed by atoms with van der Waals surface area (Å²) in [7, 11) is -3.48. The predicted octanol–water partition coefficient (Wildman–Crippen LogP) is 3.75. The lowest BCUT2D eigenvalue weighted by Crippen LogP contribution is -2.35. The molecule has 1 amide bonds. The van der Waals surface area contributed by atoms with Crippen molar-refractivity contribution in [2.45, 2.75) is 49.0 Å². The number of aliphatic hydroxyl groups excluding tert-OH is 1. The number of aromatic nitrogens is 3. The first kappa shape index (κ1) is 32.2. The Morgan fingerprint density at radius 1 is 1.09 bits per heavy atom. The van der Waals surface area contributed by atoms with Crippen molar-refractivity contribution < 1.29 is 45.0 Å². The smallest absolute Gasteiger partial charge is 0.394 e. The fraction of sp³-hybridized carbons (Fsp3) is 0.407. The number of benzene rings is 1. The topological polar surface area (TPSA) is 135 Å². The Morgan fingerprint density at radius 2 is 1.77 bits per heavy atom. The van der Waals surface area contributed by atoms with Gasteiger partial charge in [-0.05, 0) is 36.2 Å². The molecule has 2 N–H and O–H groups in total. The third kappa shape index (κ3) is 7.80. The molecule has 1 aliphatic heterocycles. The standard InChI is InChI=1S/C27H28F5N5O5S/c1-2-43(40,41)21-7-8-22(33-12-21)23(14-38)36-24(39)18-10-34-26(35-11-18)37-13-17(9-20(37)15-42-25(28)29)16-3-5-19(6-4-16)27(30,31)32/h3-8,10-12,17,20,23,25,38H,2,9,13-15H2,1H3,(H,36,39)/t17?,20-,23-/m0/s1. The van der Waals surface area contributed by atoms with Crippen molar-refractivity contribution in [3.05, 3.63) is 77.4 Å². The van der Waals surface area contributed by atoms with Gasteiger partial charge in [0.25, 0.3) is 5.91 Å². The Kier molecular flexibility index (Phi) is 9.92. The predicted molar refractivity (Wildman–Crippen MR) is 143 cm³/mol. The number of hydrogen-bond donors (Lipinski definition) is 2. The summed E-state index contributed by atoms with van der Waals surface area (Å²) in [5.74, 6) is -1.00. The SMILES string of the molecule is CCS(=O)(=O)c1ccc([C@H](CO)NC(=O)c2cnc(N3CC(c4ccc(C(F)(F)F)cc4)C[C@H]3COC(F)F)nc2)nc1. The minimum absolute atomic E-state index is 0.00508. The number of pyridine rings is 1. The van der Waals surface area contributed by atoms with Gasteiger partial charge in [-0.3, -0.25) is 9.78 Å². The van der Waals surface area contributed by atoms with E-state index in [1.807, 2.05) is 0 Å². The number of aliphatic hydroxyl groups is 1. The highest BCUT2D eigenvalue weighted by Crippen LogP contribution is 2.36. The monoisotopic (exact) mass is 629 g/mol. The number of halogens is 5. The number of sulfone groups is 1. The summed E-state index contributed by atoms with van der Waals surface area (Å²) in [4.78, 5) is 26.9. The summed E-state index contributed by atoms with van der Waals surface area (Å²) >= 11 is 0. The molecule has 1 aliphatic rings. The molecule has 1 aromatic carbocycles. The molecular formula is C27H28F5N5O5S. The molecule has 0 radical (unpaired) electrons. The van der Waals surface area contributed by atoms with Crippen molar-refractivity contribution in [2.75, 3.05) is 30.4 Å².